The van der Waals surface area contributed by atoms with Crippen molar-refractivity contribution in [3.8, 4) is 5.75 Å². The Labute approximate surface area is 190 Å². The maximum atomic E-state index is 13.6. The van der Waals surface area contributed by atoms with Crippen LogP contribution in [0, 0.1) is 11.6 Å². The average molecular weight is 486 g/mol. The topological polar surface area (TPSA) is 123 Å². The average Bonchev–Trinajstić information content (AvgIpc) is 2.69. The molecule has 0 unspecified atom stereocenters. The minimum atomic E-state index is -3.93. The van der Waals surface area contributed by atoms with Crippen LogP contribution < -0.4 is 20.1 Å². The van der Waals surface area contributed by atoms with Gasteiger partial charge in [0.05, 0.1) is 4.90 Å². The summed E-state index contributed by atoms with van der Waals surface area (Å²) in [5.41, 5.74) is -0.509. The van der Waals surface area contributed by atoms with E-state index in [0.717, 1.165) is 12.1 Å². The van der Waals surface area contributed by atoms with E-state index in [1.165, 1.54) is 24.3 Å². The highest BCUT2D eigenvalue weighted by molar-refractivity contribution is 7.89. The summed E-state index contributed by atoms with van der Waals surface area (Å²) in [5.74, 6) is -2.71. The fourth-order valence-electron chi connectivity index (χ4n) is 2.42. The first kappa shape index (κ1) is 26.0. The van der Waals surface area contributed by atoms with Crippen LogP contribution in [0.25, 0.3) is 0 Å². The second-order valence-electron chi connectivity index (χ2n) is 7.77. The molecule has 2 amide bonds. The zero-order valence-corrected chi connectivity index (χ0v) is 19.1. The highest BCUT2D eigenvalue weighted by Crippen LogP contribution is 2.18. The molecule has 2 aromatic rings. The van der Waals surface area contributed by atoms with E-state index >= 15 is 0 Å². The molecule has 0 aromatic heterocycles. The predicted octanol–water partition coefficient (Wildman–Crippen LogP) is 2.79. The summed E-state index contributed by atoms with van der Waals surface area (Å²) in [6.07, 6.45) is -0.672. The number of hydrogen-bond donors (Lipinski definition) is 3. The van der Waals surface area contributed by atoms with Crippen LogP contribution in [0.4, 0.5) is 19.3 Å². The number of ether oxygens (including phenoxy) is 2. The first-order chi connectivity index (χ1) is 15.4. The Hall–Kier alpha value is -3.25. The molecule has 2 aromatic carbocycles. The number of carbonyl (C=O) groups is 2. The fourth-order valence-corrected chi connectivity index (χ4v) is 3.50. The summed E-state index contributed by atoms with van der Waals surface area (Å²) < 4.78 is 63.8. The number of amides is 2. The lowest BCUT2D eigenvalue weighted by Gasteiger charge is -2.19. The molecule has 3 N–H and O–H groups in total. The maximum Gasteiger partial charge on any atom is 0.407 e. The van der Waals surface area contributed by atoms with Crippen LogP contribution in [-0.4, -0.2) is 45.7 Å². The monoisotopic (exact) mass is 485 g/mol. The molecular weight excluding hydrogens is 460 g/mol. The van der Waals surface area contributed by atoms with Gasteiger partial charge in [-0.15, -0.1) is 0 Å². The molecule has 0 heterocycles. The standard InChI is InChI=1S/C21H25F2N3O6S/c1-21(2,3)32-20(28)24-9-10-25-33(29,30)16-6-4-5-15(12-16)26-19(27)13-31-18-8-7-14(22)11-17(18)23/h4-8,11-12,25H,9-10,13H2,1-3H3,(H,24,28)(H,26,27). The normalized spacial score (nSPS) is 11.5. The molecule has 0 aliphatic rings. The van der Waals surface area contributed by atoms with Crippen LogP contribution >= 0.6 is 0 Å². The third kappa shape index (κ3) is 9.02. The zero-order chi connectivity index (χ0) is 24.6. The minimum Gasteiger partial charge on any atom is -0.481 e. The summed E-state index contributed by atoms with van der Waals surface area (Å²) >= 11 is 0. The molecule has 0 fully saturated rings. The Morgan fingerprint density at radius 3 is 2.42 bits per heavy atom. The van der Waals surface area contributed by atoms with Gasteiger partial charge in [0.1, 0.15) is 11.4 Å². The number of anilines is 1. The van der Waals surface area contributed by atoms with Gasteiger partial charge in [0.25, 0.3) is 5.91 Å². The number of sulfonamides is 1. The van der Waals surface area contributed by atoms with Gasteiger partial charge >= 0.3 is 6.09 Å². The molecule has 0 saturated heterocycles. The number of benzene rings is 2. The Morgan fingerprint density at radius 1 is 1.03 bits per heavy atom. The zero-order valence-electron chi connectivity index (χ0n) is 18.3. The number of nitrogens with one attached hydrogen (secondary N) is 3. The van der Waals surface area contributed by atoms with Crippen molar-refractivity contribution in [2.45, 2.75) is 31.3 Å². The molecule has 0 aliphatic heterocycles. The molecule has 33 heavy (non-hydrogen) atoms. The van der Waals surface area contributed by atoms with Gasteiger partial charge < -0.3 is 20.1 Å². The van der Waals surface area contributed by atoms with Gasteiger partial charge in [-0.05, 0) is 51.1 Å². The molecule has 0 spiro atoms. The summed E-state index contributed by atoms with van der Waals surface area (Å²) in [6.45, 7) is 4.45. The van der Waals surface area contributed by atoms with Crippen molar-refractivity contribution in [1.29, 1.82) is 0 Å². The van der Waals surface area contributed by atoms with Crippen molar-refractivity contribution in [3.05, 3.63) is 54.1 Å². The Bertz CT molecular complexity index is 1100. The number of rotatable bonds is 9. The first-order valence-electron chi connectivity index (χ1n) is 9.80. The molecule has 0 atom stereocenters. The maximum absolute atomic E-state index is 13.6. The molecule has 180 valence electrons. The van der Waals surface area contributed by atoms with Crippen LogP contribution in [0.1, 0.15) is 20.8 Å². The second kappa shape index (κ2) is 11.1. The number of halogens is 2. The van der Waals surface area contributed by atoms with Gasteiger partial charge in [0, 0.05) is 24.8 Å². The van der Waals surface area contributed by atoms with Gasteiger partial charge in [-0.25, -0.2) is 26.7 Å². The van der Waals surface area contributed by atoms with E-state index in [1.54, 1.807) is 20.8 Å². The molecule has 2 rings (SSSR count). The fraction of sp³-hybridized carbons (Fsp3) is 0.333. The third-order valence-corrected chi connectivity index (χ3v) is 5.22. The molecule has 0 saturated carbocycles. The smallest absolute Gasteiger partial charge is 0.407 e. The van der Waals surface area contributed by atoms with Gasteiger partial charge in [-0.3, -0.25) is 4.79 Å². The van der Waals surface area contributed by atoms with Crippen LogP contribution in [0.2, 0.25) is 0 Å². The molecular formula is C21H25F2N3O6S. The summed E-state index contributed by atoms with van der Waals surface area (Å²) in [5, 5.41) is 4.86. The van der Waals surface area contributed by atoms with E-state index < -0.39 is 45.9 Å². The highest BCUT2D eigenvalue weighted by Gasteiger charge is 2.17. The summed E-state index contributed by atoms with van der Waals surface area (Å²) in [4.78, 5) is 23.5. The van der Waals surface area contributed by atoms with Gasteiger partial charge in [-0.2, -0.15) is 0 Å². The molecule has 12 heteroatoms. The number of hydrogen-bond acceptors (Lipinski definition) is 6. The molecule has 0 bridgehead atoms. The molecule has 0 radical (unpaired) electrons. The lowest BCUT2D eigenvalue weighted by Crippen LogP contribution is -2.37. The SMILES string of the molecule is CC(C)(C)OC(=O)NCCNS(=O)(=O)c1cccc(NC(=O)COc2ccc(F)cc2F)c1. The van der Waals surface area contributed by atoms with E-state index in [4.69, 9.17) is 9.47 Å². The van der Waals surface area contributed by atoms with Gasteiger partial charge in [0.15, 0.2) is 18.2 Å². The van der Waals surface area contributed by atoms with Crippen molar-refractivity contribution in [2.24, 2.45) is 0 Å². The Morgan fingerprint density at radius 2 is 1.76 bits per heavy atom. The van der Waals surface area contributed by atoms with E-state index in [9.17, 15) is 26.8 Å². The van der Waals surface area contributed by atoms with Crippen LogP contribution in [0.3, 0.4) is 0 Å². The van der Waals surface area contributed by atoms with Crippen molar-refractivity contribution in [1.82, 2.24) is 10.0 Å². The first-order valence-corrected chi connectivity index (χ1v) is 11.3. The summed E-state index contributed by atoms with van der Waals surface area (Å²) in [6, 6.07) is 8.08. The predicted molar refractivity (Wildman–Crippen MR) is 116 cm³/mol. The van der Waals surface area contributed by atoms with Gasteiger partial charge in [0.2, 0.25) is 10.0 Å². The molecule has 9 nitrogen and oxygen atoms in total. The van der Waals surface area contributed by atoms with Crippen molar-refractivity contribution < 1.29 is 36.3 Å². The number of carbonyl (C=O) groups excluding carboxylic acids is 2. The van der Waals surface area contributed by atoms with Crippen molar-refractivity contribution >= 4 is 27.7 Å². The van der Waals surface area contributed by atoms with Crippen molar-refractivity contribution in [2.75, 3.05) is 25.0 Å². The quantitative estimate of drug-likeness (QED) is 0.470. The van der Waals surface area contributed by atoms with E-state index in [2.05, 4.69) is 15.4 Å². The van der Waals surface area contributed by atoms with Gasteiger partial charge in [-0.1, -0.05) is 6.07 Å². The largest absolute Gasteiger partial charge is 0.481 e. The number of alkyl carbamates (subject to hydrolysis) is 1. The summed E-state index contributed by atoms with van der Waals surface area (Å²) in [7, 11) is -3.93. The van der Waals surface area contributed by atoms with Crippen molar-refractivity contribution in [3.63, 3.8) is 0 Å². The second-order valence-corrected chi connectivity index (χ2v) is 9.53. The van der Waals surface area contributed by atoms with E-state index in [1.807, 2.05) is 0 Å². The minimum absolute atomic E-state index is 0.00184. The lowest BCUT2D eigenvalue weighted by atomic mass is 10.2. The Balaban J connectivity index is 1.87. The Kier molecular flexibility index (Phi) is 8.71. The third-order valence-electron chi connectivity index (χ3n) is 3.77. The molecule has 0 aliphatic carbocycles. The van der Waals surface area contributed by atoms with E-state index in [0.29, 0.717) is 6.07 Å². The van der Waals surface area contributed by atoms with E-state index in [-0.39, 0.29) is 29.4 Å². The van der Waals surface area contributed by atoms with Crippen LogP contribution in [0.5, 0.6) is 5.75 Å². The van der Waals surface area contributed by atoms with Crippen LogP contribution in [0.15, 0.2) is 47.4 Å². The lowest BCUT2D eigenvalue weighted by molar-refractivity contribution is -0.118. The highest BCUT2D eigenvalue weighted by atomic mass is 32.2. The van der Waals surface area contributed by atoms with Crippen LogP contribution in [-0.2, 0) is 19.6 Å².